The lowest BCUT2D eigenvalue weighted by molar-refractivity contribution is -0.245. The van der Waals surface area contributed by atoms with Gasteiger partial charge in [-0.25, -0.2) is 9.59 Å². The van der Waals surface area contributed by atoms with Gasteiger partial charge in [-0.15, -0.1) is 0 Å². The van der Waals surface area contributed by atoms with Gasteiger partial charge in [0, 0.05) is 20.1 Å². The fourth-order valence-electron chi connectivity index (χ4n) is 8.89. The van der Waals surface area contributed by atoms with Gasteiger partial charge < -0.3 is 33.5 Å². The largest absolute Gasteiger partial charge is 0.459 e. The van der Waals surface area contributed by atoms with Crippen molar-refractivity contribution in [1.29, 1.82) is 0 Å². The molecular weight excluding hydrogens is 408 g/mol. The molecule has 172 valence electrons. The summed E-state index contributed by atoms with van der Waals surface area (Å²) in [5.41, 5.74) is -4.98. The number of hydrogen-bond donors (Lipinski definition) is 1. The number of carbonyl (C=O) groups excluding carboxylic acids is 2. The van der Waals surface area contributed by atoms with Crippen molar-refractivity contribution >= 4 is 11.9 Å². The van der Waals surface area contributed by atoms with Crippen molar-refractivity contribution in [3.8, 4) is 0 Å². The predicted molar refractivity (Wildman–Crippen MR) is 101 cm³/mol. The maximum absolute atomic E-state index is 13.7. The first-order valence-electron chi connectivity index (χ1n) is 11.0. The lowest BCUT2D eigenvalue weighted by atomic mass is 9.51. The molecule has 6 rings (SSSR count). The van der Waals surface area contributed by atoms with Gasteiger partial charge in [-0.2, -0.15) is 0 Å². The summed E-state index contributed by atoms with van der Waals surface area (Å²) in [4.78, 5) is 26.7. The molecule has 4 saturated heterocycles. The molecule has 6 fully saturated rings. The van der Waals surface area contributed by atoms with Crippen molar-refractivity contribution in [3.05, 3.63) is 0 Å². The Balaban J connectivity index is 1.69. The molecule has 0 aromatic carbocycles. The average Bonchev–Trinajstić information content (AvgIpc) is 3.39. The third-order valence-corrected chi connectivity index (χ3v) is 9.62. The molecule has 2 saturated carbocycles. The molecule has 4 aliphatic heterocycles. The van der Waals surface area contributed by atoms with Crippen LogP contribution in [0.25, 0.3) is 0 Å². The van der Waals surface area contributed by atoms with Crippen LogP contribution in [-0.4, -0.2) is 73.4 Å². The minimum absolute atomic E-state index is 0.0886. The Morgan fingerprint density at radius 3 is 2.45 bits per heavy atom. The molecule has 1 N–H and O–H groups in total. The Labute approximate surface area is 180 Å². The number of rotatable bonds is 2. The van der Waals surface area contributed by atoms with Crippen LogP contribution in [0.1, 0.15) is 40.5 Å². The summed E-state index contributed by atoms with van der Waals surface area (Å²) in [6, 6.07) is 0. The highest BCUT2D eigenvalue weighted by Crippen LogP contribution is 2.85. The lowest BCUT2D eigenvalue weighted by Crippen LogP contribution is -2.67. The fourth-order valence-corrected chi connectivity index (χ4v) is 8.89. The molecule has 9 heteroatoms. The van der Waals surface area contributed by atoms with E-state index >= 15 is 0 Å². The minimum Gasteiger partial charge on any atom is -0.459 e. The Morgan fingerprint density at radius 1 is 1.13 bits per heavy atom. The van der Waals surface area contributed by atoms with Crippen molar-refractivity contribution < 1.29 is 43.1 Å². The SMILES string of the molecule is CO[C@H]1C(=O)OC2OC34C(=O)OC5CC(C(C)(C)C)C21C53CC1OC(O)[C@@H](C)[C@@]14OC. The van der Waals surface area contributed by atoms with E-state index in [1.165, 1.54) is 14.2 Å². The van der Waals surface area contributed by atoms with Crippen molar-refractivity contribution in [2.75, 3.05) is 14.2 Å². The van der Waals surface area contributed by atoms with E-state index in [1.54, 1.807) is 6.92 Å². The summed E-state index contributed by atoms with van der Waals surface area (Å²) in [6.07, 6.45) is -3.16. The van der Waals surface area contributed by atoms with E-state index in [1.807, 2.05) is 0 Å². The van der Waals surface area contributed by atoms with Gasteiger partial charge in [0.25, 0.3) is 0 Å². The first-order valence-corrected chi connectivity index (χ1v) is 11.0. The second-order valence-corrected chi connectivity index (χ2v) is 11.1. The van der Waals surface area contributed by atoms with E-state index in [4.69, 9.17) is 28.4 Å². The van der Waals surface area contributed by atoms with Gasteiger partial charge in [-0.05, 0) is 24.2 Å². The molecule has 6 aliphatic rings. The molecule has 0 radical (unpaired) electrons. The van der Waals surface area contributed by atoms with Gasteiger partial charge in [0.1, 0.15) is 11.7 Å². The Kier molecular flexibility index (Phi) is 3.57. The van der Waals surface area contributed by atoms with Gasteiger partial charge in [0.15, 0.2) is 12.4 Å². The van der Waals surface area contributed by atoms with E-state index in [0.29, 0.717) is 12.8 Å². The van der Waals surface area contributed by atoms with Gasteiger partial charge in [0.05, 0.1) is 16.9 Å². The molecule has 0 aromatic rings. The second kappa shape index (κ2) is 5.44. The summed E-state index contributed by atoms with van der Waals surface area (Å²) >= 11 is 0. The van der Waals surface area contributed by atoms with Crippen LogP contribution in [0.5, 0.6) is 0 Å². The van der Waals surface area contributed by atoms with E-state index < -0.39 is 70.8 Å². The summed E-state index contributed by atoms with van der Waals surface area (Å²) in [7, 11) is 3.01. The van der Waals surface area contributed by atoms with Crippen molar-refractivity contribution in [3.63, 3.8) is 0 Å². The maximum atomic E-state index is 13.7. The van der Waals surface area contributed by atoms with E-state index in [9.17, 15) is 14.7 Å². The molecule has 0 aromatic heterocycles. The smallest absolute Gasteiger partial charge is 0.342 e. The number of methoxy groups -OCH3 is 2. The van der Waals surface area contributed by atoms with Crippen molar-refractivity contribution in [1.82, 2.24) is 0 Å². The summed E-state index contributed by atoms with van der Waals surface area (Å²) in [5.74, 6) is -1.66. The van der Waals surface area contributed by atoms with Gasteiger partial charge in [0.2, 0.25) is 11.9 Å². The van der Waals surface area contributed by atoms with Crippen LogP contribution in [0.2, 0.25) is 0 Å². The second-order valence-electron chi connectivity index (χ2n) is 11.1. The number of carbonyl (C=O) groups is 2. The molecule has 4 heterocycles. The molecule has 0 bridgehead atoms. The van der Waals surface area contributed by atoms with Crippen LogP contribution < -0.4 is 0 Å². The minimum atomic E-state index is -1.57. The normalized spacial score (nSPS) is 58.7. The molecule has 8 unspecified atom stereocenters. The molecule has 31 heavy (non-hydrogen) atoms. The highest BCUT2D eigenvalue weighted by molar-refractivity contribution is 5.91. The maximum Gasteiger partial charge on any atom is 0.342 e. The third-order valence-electron chi connectivity index (χ3n) is 9.62. The van der Waals surface area contributed by atoms with Crippen LogP contribution in [0.3, 0.4) is 0 Å². The van der Waals surface area contributed by atoms with E-state index in [2.05, 4.69) is 20.8 Å². The molecule has 11 atom stereocenters. The van der Waals surface area contributed by atoms with Crippen LogP contribution >= 0.6 is 0 Å². The standard InChI is InChI=1S/C22H30O9/c1-9-14(23)28-12-8-19-11-7-10(18(2,3)4)20(19)13(26-5)15(24)30-17(20)31-22(19,16(25)29-11)21(9,12)27-6/h9-14,17,23H,7-8H2,1-6H3/t9-,10?,11?,12?,13+,14?,17?,19?,20?,21-,22?/m1/s1. The monoisotopic (exact) mass is 438 g/mol. The van der Waals surface area contributed by atoms with Gasteiger partial charge in [-0.1, -0.05) is 27.7 Å². The Bertz CT molecular complexity index is 883. The summed E-state index contributed by atoms with van der Waals surface area (Å²) in [5, 5.41) is 10.6. The lowest BCUT2D eigenvalue weighted by Gasteiger charge is -2.48. The number of ether oxygens (including phenoxy) is 6. The van der Waals surface area contributed by atoms with E-state index in [0.717, 1.165) is 0 Å². The number of fused-ring (bicyclic) bond motifs is 1. The van der Waals surface area contributed by atoms with Crippen LogP contribution in [-0.2, 0) is 38.0 Å². The predicted octanol–water partition coefficient (Wildman–Crippen LogP) is 0.760. The summed E-state index contributed by atoms with van der Waals surface area (Å²) < 4.78 is 36.3. The number of aliphatic hydroxyl groups excluding tert-OH is 1. The van der Waals surface area contributed by atoms with Crippen LogP contribution in [0.15, 0.2) is 0 Å². The quantitative estimate of drug-likeness (QED) is 0.625. The zero-order chi connectivity index (χ0) is 22.4. The molecule has 2 spiro atoms. The van der Waals surface area contributed by atoms with Crippen LogP contribution in [0.4, 0.5) is 0 Å². The summed E-state index contributed by atoms with van der Waals surface area (Å²) in [6.45, 7) is 8.14. The Morgan fingerprint density at radius 2 is 1.84 bits per heavy atom. The topological polar surface area (TPSA) is 110 Å². The first kappa shape index (κ1) is 20.4. The third kappa shape index (κ3) is 1.62. The zero-order valence-electron chi connectivity index (χ0n) is 18.7. The van der Waals surface area contributed by atoms with Crippen molar-refractivity contribution in [2.45, 2.75) is 82.6 Å². The number of aliphatic hydroxyl groups is 1. The number of esters is 2. The van der Waals surface area contributed by atoms with Crippen LogP contribution in [0, 0.1) is 28.1 Å². The van der Waals surface area contributed by atoms with Gasteiger partial charge in [-0.3, -0.25) is 0 Å². The molecule has 2 aliphatic carbocycles. The molecular formula is C22H30O9. The van der Waals surface area contributed by atoms with Crippen molar-refractivity contribution in [2.24, 2.45) is 28.1 Å². The molecule has 9 nitrogen and oxygen atoms in total. The zero-order valence-corrected chi connectivity index (χ0v) is 18.7. The van der Waals surface area contributed by atoms with E-state index in [-0.39, 0.29) is 11.3 Å². The Hall–Kier alpha value is -1.26. The highest BCUT2D eigenvalue weighted by atomic mass is 16.8. The fraction of sp³-hybridized carbons (Fsp3) is 0.909. The number of hydrogen-bond acceptors (Lipinski definition) is 9. The average molecular weight is 438 g/mol. The first-order chi connectivity index (χ1) is 14.5. The molecule has 0 amide bonds. The highest BCUT2D eigenvalue weighted by Gasteiger charge is 3.01. The van der Waals surface area contributed by atoms with Gasteiger partial charge >= 0.3 is 11.9 Å².